The molecular weight excluding hydrogens is 340 g/mol. The molecule has 0 amide bonds. The van der Waals surface area contributed by atoms with Gasteiger partial charge in [-0.1, -0.05) is 18.2 Å². The zero-order chi connectivity index (χ0) is 18.1. The summed E-state index contributed by atoms with van der Waals surface area (Å²) in [4.78, 5) is 20.4. The van der Waals surface area contributed by atoms with Crippen molar-refractivity contribution in [3.05, 3.63) is 61.2 Å². The number of hydrogen-bond donors (Lipinski definition) is 0. The number of anilines is 1. The average molecular weight is 358 g/mol. The Bertz CT molecular complexity index is 1050. The van der Waals surface area contributed by atoms with Gasteiger partial charge in [-0.3, -0.25) is 9.55 Å². The zero-order valence-corrected chi connectivity index (χ0v) is 14.7. The Balaban J connectivity index is 1.60. The van der Waals surface area contributed by atoms with Crippen LogP contribution in [0.5, 0.6) is 0 Å². The summed E-state index contributed by atoms with van der Waals surface area (Å²) < 4.78 is 7.49. The zero-order valence-electron chi connectivity index (χ0n) is 14.7. The van der Waals surface area contributed by atoms with Crippen LogP contribution in [0.25, 0.3) is 28.1 Å². The van der Waals surface area contributed by atoms with Crippen LogP contribution in [0.15, 0.2) is 61.2 Å². The lowest BCUT2D eigenvalue weighted by molar-refractivity contribution is 0.122. The number of fused-ring (bicyclic) bond motifs is 1. The van der Waals surface area contributed by atoms with Crippen LogP contribution < -0.4 is 4.90 Å². The molecule has 0 unspecified atom stereocenters. The van der Waals surface area contributed by atoms with E-state index in [1.54, 1.807) is 6.20 Å². The fourth-order valence-electron chi connectivity index (χ4n) is 3.32. The molecule has 1 fully saturated rings. The normalized spacial score (nSPS) is 14.6. The van der Waals surface area contributed by atoms with Crippen molar-refractivity contribution in [2.24, 2.45) is 0 Å². The van der Waals surface area contributed by atoms with Gasteiger partial charge in [-0.25, -0.2) is 15.0 Å². The molecule has 3 aromatic heterocycles. The number of hydrogen-bond acceptors (Lipinski definition) is 6. The molecule has 134 valence electrons. The lowest BCUT2D eigenvalue weighted by Crippen LogP contribution is -2.37. The summed E-state index contributed by atoms with van der Waals surface area (Å²) in [7, 11) is 0. The third-order valence-corrected chi connectivity index (χ3v) is 4.66. The molecule has 7 heteroatoms. The first-order valence-electron chi connectivity index (χ1n) is 8.93. The number of imidazole rings is 1. The molecule has 0 aliphatic carbocycles. The van der Waals surface area contributed by atoms with E-state index in [0.717, 1.165) is 47.1 Å². The highest BCUT2D eigenvalue weighted by atomic mass is 16.5. The standard InChI is InChI=1S/C20H18N6O/c1-2-4-16(5-3-1)26-18-14-21-7-6-17(18)24-19(26)15-12-22-20(23-13-15)25-8-10-27-11-9-25/h1-7,12-14H,8-11H2. The van der Waals surface area contributed by atoms with Crippen molar-refractivity contribution in [3.8, 4) is 17.1 Å². The van der Waals surface area contributed by atoms with Gasteiger partial charge in [0.25, 0.3) is 0 Å². The number of para-hydroxylation sites is 1. The second-order valence-electron chi connectivity index (χ2n) is 6.34. The second kappa shape index (κ2) is 6.77. The summed E-state index contributed by atoms with van der Waals surface area (Å²) in [5, 5.41) is 0. The van der Waals surface area contributed by atoms with Crippen LogP contribution in [0.1, 0.15) is 0 Å². The van der Waals surface area contributed by atoms with E-state index in [2.05, 4.69) is 36.6 Å². The molecule has 1 aliphatic heterocycles. The highest BCUT2D eigenvalue weighted by molar-refractivity contribution is 5.82. The first kappa shape index (κ1) is 15.9. The number of morpholine rings is 1. The van der Waals surface area contributed by atoms with Gasteiger partial charge in [0.2, 0.25) is 5.95 Å². The van der Waals surface area contributed by atoms with Crippen molar-refractivity contribution in [2.45, 2.75) is 0 Å². The number of pyridine rings is 1. The highest BCUT2D eigenvalue weighted by Gasteiger charge is 2.17. The topological polar surface area (TPSA) is 69.0 Å². The van der Waals surface area contributed by atoms with Gasteiger partial charge in [0, 0.05) is 37.4 Å². The van der Waals surface area contributed by atoms with E-state index in [4.69, 9.17) is 9.72 Å². The van der Waals surface area contributed by atoms with E-state index in [0.29, 0.717) is 13.2 Å². The largest absolute Gasteiger partial charge is 0.378 e. The smallest absolute Gasteiger partial charge is 0.225 e. The van der Waals surface area contributed by atoms with Crippen molar-refractivity contribution in [1.29, 1.82) is 0 Å². The third kappa shape index (κ3) is 2.92. The molecule has 4 heterocycles. The van der Waals surface area contributed by atoms with Crippen LogP contribution in [-0.2, 0) is 4.74 Å². The molecule has 27 heavy (non-hydrogen) atoms. The van der Waals surface area contributed by atoms with E-state index in [1.165, 1.54) is 0 Å². The van der Waals surface area contributed by atoms with Gasteiger partial charge in [0.1, 0.15) is 5.82 Å². The number of aromatic nitrogens is 5. The molecule has 0 radical (unpaired) electrons. The molecular formula is C20H18N6O. The third-order valence-electron chi connectivity index (χ3n) is 4.66. The van der Waals surface area contributed by atoms with Crippen molar-refractivity contribution < 1.29 is 4.74 Å². The number of ether oxygens (including phenoxy) is 1. The fourth-order valence-corrected chi connectivity index (χ4v) is 3.32. The first-order chi connectivity index (χ1) is 13.4. The van der Waals surface area contributed by atoms with Crippen LogP contribution >= 0.6 is 0 Å². The van der Waals surface area contributed by atoms with E-state index in [1.807, 2.05) is 42.9 Å². The minimum atomic E-state index is 0.710. The van der Waals surface area contributed by atoms with Crippen molar-refractivity contribution in [3.63, 3.8) is 0 Å². The Morgan fingerprint density at radius 3 is 2.44 bits per heavy atom. The van der Waals surface area contributed by atoms with Crippen LogP contribution in [0.3, 0.4) is 0 Å². The highest BCUT2D eigenvalue weighted by Crippen LogP contribution is 2.27. The van der Waals surface area contributed by atoms with E-state index in [9.17, 15) is 0 Å². The SMILES string of the molecule is c1ccc(-n2c(-c3cnc(N4CCOCC4)nc3)nc3ccncc32)cc1. The van der Waals surface area contributed by atoms with Gasteiger partial charge in [0.05, 0.1) is 36.0 Å². The maximum absolute atomic E-state index is 5.40. The monoisotopic (exact) mass is 358 g/mol. The van der Waals surface area contributed by atoms with Gasteiger partial charge in [-0.2, -0.15) is 0 Å². The first-order valence-corrected chi connectivity index (χ1v) is 8.93. The molecule has 0 saturated carbocycles. The Kier molecular flexibility index (Phi) is 3.99. The second-order valence-corrected chi connectivity index (χ2v) is 6.34. The number of rotatable bonds is 3. The molecule has 1 saturated heterocycles. The molecule has 5 rings (SSSR count). The minimum absolute atomic E-state index is 0.710. The Hall–Kier alpha value is -3.32. The van der Waals surface area contributed by atoms with Crippen LogP contribution in [0.2, 0.25) is 0 Å². The maximum Gasteiger partial charge on any atom is 0.225 e. The summed E-state index contributed by atoms with van der Waals surface area (Å²) in [6.45, 7) is 3.05. The molecule has 0 N–H and O–H groups in total. The molecule has 1 aromatic carbocycles. The summed E-state index contributed by atoms with van der Waals surface area (Å²) in [6, 6.07) is 12.1. The van der Waals surface area contributed by atoms with Gasteiger partial charge >= 0.3 is 0 Å². The molecule has 0 spiro atoms. The van der Waals surface area contributed by atoms with Crippen molar-refractivity contribution in [1.82, 2.24) is 24.5 Å². The Morgan fingerprint density at radius 2 is 1.67 bits per heavy atom. The quantitative estimate of drug-likeness (QED) is 0.561. The molecule has 4 aromatic rings. The van der Waals surface area contributed by atoms with E-state index < -0.39 is 0 Å². The molecule has 0 bridgehead atoms. The molecule has 1 aliphatic rings. The summed E-state index contributed by atoms with van der Waals surface area (Å²) in [5.74, 6) is 1.53. The molecule has 7 nitrogen and oxygen atoms in total. The molecule has 0 atom stereocenters. The van der Waals surface area contributed by atoms with E-state index >= 15 is 0 Å². The lowest BCUT2D eigenvalue weighted by Gasteiger charge is -2.26. The summed E-state index contributed by atoms with van der Waals surface area (Å²) in [5.41, 5.74) is 3.74. The van der Waals surface area contributed by atoms with Crippen LogP contribution in [-0.4, -0.2) is 50.8 Å². The predicted octanol–water partition coefficient (Wildman–Crippen LogP) is 2.71. The Labute approximate surface area is 156 Å². The van der Waals surface area contributed by atoms with Gasteiger partial charge in [-0.15, -0.1) is 0 Å². The fraction of sp³-hybridized carbons (Fsp3) is 0.200. The lowest BCUT2D eigenvalue weighted by atomic mass is 10.2. The van der Waals surface area contributed by atoms with Gasteiger partial charge < -0.3 is 9.64 Å². The van der Waals surface area contributed by atoms with Crippen LogP contribution in [0, 0.1) is 0 Å². The summed E-state index contributed by atoms with van der Waals surface area (Å²) in [6.07, 6.45) is 7.27. The van der Waals surface area contributed by atoms with Crippen LogP contribution in [0.4, 0.5) is 5.95 Å². The number of benzene rings is 1. The minimum Gasteiger partial charge on any atom is -0.378 e. The van der Waals surface area contributed by atoms with E-state index in [-0.39, 0.29) is 0 Å². The average Bonchev–Trinajstić information content (AvgIpc) is 3.15. The number of nitrogens with zero attached hydrogens (tertiary/aromatic N) is 6. The predicted molar refractivity (Wildman–Crippen MR) is 103 cm³/mol. The maximum atomic E-state index is 5.40. The van der Waals surface area contributed by atoms with Crippen molar-refractivity contribution >= 4 is 17.0 Å². The Morgan fingerprint density at radius 1 is 0.889 bits per heavy atom. The van der Waals surface area contributed by atoms with Gasteiger partial charge in [0.15, 0.2) is 0 Å². The van der Waals surface area contributed by atoms with Gasteiger partial charge in [-0.05, 0) is 18.2 Å². The summed E-state index contributed by atoms with van der Waals surface area (Å²) >= 11 is 0. The van der Waals surface area contributed by atoms with Crippen molar-refractivity contribution in [2.75, 3.05) is 31.2 Å².